The fourth-order valence-corrected chi connectivity index (χ4v) is 1.16. The van der Waals surface area contributed by atoms with Crippen LogP contribution in [0.15, 0.2) is 28.7 Å². The molecule has 1 heterocycles. The van der Waals surface area contributed by atoms with Gasteiger partial charge in [0.1, 0.15) is 11.5 Å². The van der Waals surface area contributed by atoms with Gasteiger partial charge in [0.2, 0.25) is 0 Å². The normalized spacial score (nSPS) is 12.5. The molecule has 0 bridgehead atoms. The van der Waals surface area contributed by atoms with Gasteiger partial charge >= 0.3 is 0 Å². The van der Waals surface area contributed by atoms with Crippen molar-refractivity contribution < 1.29 is 9.21 Å². The van der Waals surface area contributed by atoms with E-state index in [2.05, 4.69) is 6.58 Å². The highest BCUT2D eigenvalue weighted by atomic mass is 16.3. The van der Waals surface area contributed by atoms with E-state index in [9.17, 15) is 4.79 Å². The van der Waals surface area contributed by atoms with Crippen LogP contribution in [-0.4, -0.2) is 5.78 Å². The van der Waals surface area contributed by atoms with Crippen molar-refractivity contribution >= 4 is 5.78 Å². The molecule has 0 aliphatic rings. The first-order valence-corrected chi connectivity index (χ1v) is 4.28. The van der Waals surface area contributed by atoms with Crippen LogP contribution in [0.4, 0.5) is 0 Å². The van der Waals surface area contributed by atoms with Gasteiger partial charge in [0.05, 0.1) is 0 Å². The number of carbonyl (C=O) groups is 1. The van der Waals surface area contributed by atoms with Crippen LogP contribution >= 0.6 is 0 Å². The minimum absolute atomic E-state index is 0.0153. The lowest BCUT2D eigenvalue weighted by molar-refractivity contribution is -0.113. The molecule has 0 aliphatic heterocycles. The second-order valence-electron chi connectivity index (χ2n) is 3.25. The Labute approximate surface area is 78.3 Å². The topological polar surface area (TPSA) is 30.2 Å². The van der Waals surface area contributed by atoms with Gasteiger partial charge in [0.15, 0.2) is 5.78 Å². The molecular weight excluding hydrogens is 164 g/mol. The first kappa shape index (κ1) is 9.78. The third-order valence-electron chi connectivity index (χ3n) is 2.16. The molecule has 13 heavy (non-hydrogen) atoms. The summed E-state index contributed by atoms with van der Waals surface area (Å²) in [6.07, 6.45) is 0. The molecule has 70 valence electrons. The number of hydrogen-bond donors (Lipinski definition) is 0. The molecule has 1 atom stereocenters. The van der Waals surface area contributed by atoms with Crippen LogP contribution in [0.5, 0.6) is 0 Å². The highest BCUT2D eigenvalue weighted by Gasteiger charge is 2.15. The first-order valence-electron chi connectivity index (χ1n) is 4.28. The van der Waals surface area contributed by atoms with E-state index in [1.165, 1.54) is 6.92 Å². The maximum Gasteiger partial charge on any atom is 0.155 e. The Balaban J connectivity index is 2.85. The van der Waals surface area contributed by atoms with E-state index >= 15 is 0 Å². The van der Waals surface area contributed by atoms with E-state index in [4.69, 9.17) is 4.42 Å². The molecule has 1 aromatic rings. The SMILES string of the molecule is C=C(C(C)=O)C(C)c1ccc(C)o1. The van der Waals surface area contributed by atoms with Gasteiger partial charge < -0.3 is 4.42 Å². The maximum absolute atomic E-state index is 11.0. The number of furan rings is 1. The molecule has 1 aromatic heterocycles. The molecule has 0 saturated heterocycles. The van der Waals surface area contributed by atoms with Gasteiger partial charge in [-0.15, -0.1) is 0 Å². The zero-order valence-electron chi connectivity index (χ0n) is 8.26. The number of aryl methyl sites for hydroxylation is 1. The van der Waals surface area contributed by atoms with Crippen molar-refractivity contribution in [2.75, 3.05) is 0 Å². The summed E-state index contributed by atoms with van der Waals surface area (Å²) in [4.78, 5) is 11.0. The van der Waals surface area contributed by atoms with Crippen LogP contribution in [0.3, 0.4) is 0 Å². The molecule has 1 rings (SSSR count). The summed E-state index contributed by atoms with van der Waals surface area (Å²) in [7, 11) is 0. The van der Waals surface area contributed by atoms with Gasteiger partial charge in [-0.05, 0) is 31.6 Å². The largest absolute Gasteiger partial charge is 0.466 e. The van der Waals surface area contributed by atoms with E-state index in [-0.39, 0.29) is 11.7 Å². The molecule has 0 fully saturated rings. The molecule has 0 aromatic carbocycles. The number of rotatable bonds is 3. The van der Waals surface area contributed by atoms with Gasteiger partial charge in [-0.3, -0.25) is 4.79 Å². The molecule has 2 nitrogen and oxygen atoms in total. The standard InChI is InChI=1S/C11H14O2/c1-7-5-6-11(13-7)9(3)8(2)10(4)12/h5-6,9H,2H2,1,3-4H3. The zero-order chi connectivity index (χ0) is 10.0. The summed E-state index contributed by atoms with van der Waals surface area (Å²) in [5.74, 6) is 1.66. The number of hydrogen-bond acceptors (Lipinski definition) is 2. The minimum Gasteiger partial charge on any atom is -0.466 e. The molecule has 0 radical (unpaired) electrons. The van der Waals surface area contributed by atoms with Crippen LogP contribution in [0.1, 0.15) is 31.3 Å². The van der Waals surface area contributed by atoms with Gasteiger partial charge in [0.25, 0.3) is 0 Å². The van der Waals surface area contributed by atoms with Crippen molar-refractivity contribution in [1.29, 1.82) is 0 Å². The number of ketones is 1. The quantitative estimate of drug-likeness (QED) is 0.666. The third-order valence-corrected chi connectivity index (χ3v) is 2.16. The van der Waals surface area contributed by atoms with Crippen molar-refractivity contribution in [1.82, 2.24) is 0 Å². The van der Waals surface area contributed by atoms with Crippen molar-refractivity contribution in [2.45, 2.75) is 26.7 Å². The van der Waals surface area contributed by atoms with Crippen LogP contribution in [0.2, 0.25) is 0 Å². The first-order chi connectivity index (χ1) is 6.02. The Hall–Kier alpha value is -1.31. The molecule has 0 spiro atoms. The van der Waals surface area contributed by atoms with Gasteiger partial charge in [-0.25, -0.2) is 0 Å². The number of Topliss-reactive ketones (excluding diaryl/α,β-unsaturated/α-hetero) is 1. The van der Waals surface area contributed by atoms with Gasteiger partial charge in [-0.1, -0.05) is 13.5 Å². The van der Waals surface area contributed by atoms with Crippen LogP contribution < -0.4 is 0 Å². The summed E-state index contributed by atoms with van der Waals surface area (Å²) in [6.45, 7) is 9.05. The van der Waals surface area contributed by atoms with Crippen molar-refractivity contribution in [3.8, 4) is 0 Å². The lowest BCUT2D eigenvalue weighted by Crippen LogP contribution is -2.03. The number of allylic oxidation sites excluding steroid dienone is 1. The van der Waals surface area contributed by atoms with Gasteiger partial charge in [0, 0.05) is 5.92 Å². The second-order valence-corrected chi connectivity index (χ2v) is 3.25. The molecular formula is C11H14O2. The van der Waals surface area contributed by atoms with E-state index in [1.807, 2.05) is 26.0 Å². The predicted octanol–water partition coefficient (Wildman–Crippen LogP) is 2.84. The second kappa shape index (κ2) is 3.60. The monoisotopic (exact) mass is 178 g/mol. The Morgan fingerprint density at radius 2 is 2.15 bits per heavy atom. The summed E-state index contributed by atoms with van der Waals surface area (Å²) in [5.41, 5.74) is 0.592. The van der Waals surface area contributed by atoms with Crippen molar-refractivity contribution in [3.63, 3.8) is 0 Å². The predicted molar refractivity (Wildman–Crippen MR) is 51.7 cm³/mol. The summed E-state index contributed by atoms with van der Waals surface area (Å²) >= 11 is 0. The van der Waals surface area contributed by atoms with E-state index < -0.39 is 0 Å². The lowest BCUT2D eigenvalue weighted by Gasteiger charge is -2.08. The third kappa shape index (κ3) is 2.08. The molecule has 0 amide bonds. The average Bonchev–Trinajstić information content (AvgIpc) is 2.49. The van der Waals surface area contributed by atoms with E-state index in [0.29, 0.717) is 5.57 Å². The van der Waals surface area contributed by atoms with Crippen LogP contribution in [0.25, 0.3) is 0 Å². The highest BCUT2D eigenvalue weighted by Crippen LogP contribution is 2.24. The number of carbonyl (C=O) groups excluding carboxylic acids is 1. The summed E-state index contributed by atoms with van der Waals surface area (Å²) in [5, 5.41) is 0. The Bertz CT molecular complexity index is 334. The average molecular weight is 178 g/mol. The molecule has 0 saturated carbocycles. The van der Waals surface area contributed by atoms with Crippen LogP contribution in [-0.2, 0) is 4.79 Å². The molecule has 1 unspecified atom stereocenters. The molecule has 2 heteroatoms. The van der Waals surface area contributed by atoms with Crippen molar-refractivity contribution in [3.05, 3.63) is 35.8 Å². The zero-order valence-corrected chi connectivity index (χ0v) is 8.26. The Kier molecular flexibility index (Phi) is 2.71. The lowest BCUT2D eigenvalue weighted by atomic mass is 9.97. The molecule has 0 aliphatic carbocycles. The van der Waals surface area contributed by atoms with Gasteiger partial charge in [-0.2, -0.15) is 0 Å². The Morgan fingerprint density at radius 1 is 1.54 bits per heavy atom. The smallest absolute Gasteiger partial charge is 0.155 e. The minimum atomic E-state index is -0.0220. The molecule has 0 N–H and O–H groups in total. The maximum atomic E-state index is 11.0. The summed E-state index contributed by atoms with van der Waals surface area (Å²) < 4.78 is 5.40. The fraction of sp³-hybridized carbons (Fsp3) is 0.364. The van der Waals surface area contributed by atoms with E-state index in [1.54, 1.807) is 0 Å². The van der Waals surface area contributed by atoms with E-state index in [0.717, 1.165) is 11.5 Å². The highest BCUT2D eigenvalue weighted by molar-refractivity contribution is 5.93. The van der Waals surface area contributed by atoms with Crippen molar-refractivity contribution in [2.24, 2.45) is 0 Å². The fourth-order valence-electron chi connectivity index (χ4n) is 1.16. The Morgan fingerprint density at radius 3 is 2.54 bits per heavy atom. The summed E-state index contributed by atoms with van der Waals surface area (Å²) in [6, 6.07) is 3.77. The van der Waals surface area contributed by atoms with Crippen LogP contribution in [0, 0.1) is 6.92 Å².